The fourth-order valence-electron chi connectivity index (χ4n) is 3.28. The highest BCUT2D eigenvalue weighted by Crippen LogP contribution is 2.21. The Morgan fingerprint density at radius 1 is 1.02 bits per heavy atom. The summed E-state index contributed by atoms with van der Waals surface area (Å²) in [5, 5.41) is 30.6. The van der Waals surface area contributed by atoms with Crippen LogP contribution in [0, 0.1) is 6.92 Å². The lowest BCUT2D eigenvalue weighted by Gasteiger charge is -2.16. The number of carbonyl (C=O) groups is 4. The van der Waals surface area contributed by atoms with Crippen molar-refractivity contribution in [1.29, 1.82) is 0 Å². The third-order valence-corrected chi connectivity index (χ3v) is 7.66. The zero-order chi connectivity index (χ0) is 29.4. The quantitative estimate of drug-likeness (QED) is 0.142. The molecule has 0 saturated carbocycles. The van der Waals surface area contributed by atoms with E-state index in [0.29, 0.717) is 16.4 Å². The number of aromatic carboxylic acids is 1. The number of benzene rings is 2. The summed E-state index contributed by atoms with van der Waals surface area (Å²) in [5.41, 5.74) is 0.684. The molecule has 2 aromatic carbocycles. The Bertz CT molecular complexity index is 1540. The van der Waals surface area contributed by atoms with E-state index in [1.165, 1.54) is 30.5 Å². The second kappa shape index (κ2) is 13.1. The monoisotopic (exact) mass is 588 g/mol. The van der Waals surface area contributed by atoms with E-state index in [9.17, 15) is 37.8 Å². The maximum absolute atomic E-state index is 12.7. The number of carboxylic acid groups (broad SMARTS) is 2. The molecule has 13 nitrogen and oxygen atoms in total. The fraction of sp³-hybridized carbons (Fsp3) is 0.200. The average molecular weight is 589 g/mol. The molecule has 40 heavy (non-hydrogen) atoms. The van der Waals surface area contributed by atoms with Gasteiger partial charge >= 0.3 is 11.9 Å². The molecule has 0 aliphatic rings. The summed E-state index contributed by atoms with van der Waals surface area (Å²) in [6.07, 6.45) is 0.906. The van der Waals surface area contributed by atoms with Crippen LogP contribution in [0.2, 0.25) is 0 Å². The molecule has 210 valence electrons. The number of amides is 1. The lowest BCUT2D eigenvalue weighted by Crippen LogP contribution is -2.43. The lowest BCUT2D eigenvalue weighted by atomic mass is 10.1. The van der Waals surface area contributed by atoms with E-state index in [1.54, 1.807) is 13.0 Å². The predicted molar refractivity (Wildman–Crippen MR) is 142 cm³/mol. The molecule has 0 aliphatic carbocycles. The van der Waals surface area contributed by atoms with Gasteiger partial charge in [0.2, 0.25) is 10.0 Å². The van der Waals surface area contributed by atoms with Crippen LogP contribution in [0.4, 0.5) is 0 Å². The number of ketones is 1. The molecule has 5 N–H and O–H groups in total. The third kappa shape index (κ3) is 8.33. The van der Waals surface area contributed by atoms with Gasteiger partial charge in [-0.2, -0.15) is 0 Å². The number of hydrogen-bond donors (Lipinski definition) is 5. The van der Waals surface area contributed by atoms with Gasteiger partial charge in [-0.05, 0) is 48.9 Å². The molecular formula is C25H24N4O9S2. The van der Waals surface area contributed by atoms with Gasteiger partial charge in [0, 0.05) is 24.0 Å². The summed E-state index contributed by atoms with van der Waals surface area (Å²) in [4.78, 5) is 55.7. The zero-order valence-corrected chi connectivity index (χ0v) is 22.5. The molecule has 15 heteroatoms. The van der Waals surface area contributed by atoms with Crippen LogP contribution in [0.5, 0.6) is 5.75 Å². The first-order valence-electron chi connectivity index (χ1n) is 11.5. The van der Waals surface area contributed by atoms with Crippen LogP contribution < -0.4 is 10.0 Å². The number of aliphatic carboxylic acids is 1. The number of aromatic hydroxyl groups is 1. The fourth-order valence-corrected chi connectivity index (χ4v) is 5.14. The highest BCUT2D eigenvalue weighted by Gasteiger charge is 2.25. The highest BCUT2D eigenvalue weighted by molar-refractivity contribution is 7.99. The number of sulfonamides is 1. The maximum atomic E-state index is 12.7. The smallest absolute Gasteiger partial charge is 0.339 e. The van der Waals surface area contributed by atoms with Crippen molar-refractivity contribution in [2.45, 2.75) is 36.0 Å². The van der Waals surface area contributed by atoms with E-state index >= 15 is 0 Å². The molecular weight excluding hydrogens is 564 g/mol. The van der Waals surface area contributed by atoms with E-state index < -0.39 is 57.4 Å². The Morgan fingerprint density at radius 2 is 1.73 bits per heavy atom. The van der Waals surface area contributed by atoms with Crippen molar-refractivity contribution in [3.05, 3.63) is 77.1 Å². The summed E-state index contributed by atoms with van der Waals surface area (Å²) < 4.78 is 27.4. The van der Waals surface area contributed by atoms with E-state index in [1.807, 2.05) is 0 Å². The number of carboxylic acids is 2. The number of nitrogens with zero attached hydrogens (tertiary/aromatic N) is 2. The molecule has 0 radical (unpaired) electrons. The Balaban J connectivity index is 1.62. The van der Waals surface area contributed by atoms with Gasteiger partial charge in [-0.25, -0.2) is 27.9 Å². The second-order valence-corrected chi connectivity index (χ2v) is 11.1. The van der Waals surface area contributed by atoms with Gasteiger partial charge < -0.3 is 20.6 Å². The molecule has 1 heterocycles. The van der Waals surface area contributed by atoms with Gasteiger partial charge in [0.15, 0.2) is 10.9 Å². The third-order valence-electron chi connectivity index (χ3n) is 5.38. The van der Waals surface area contributed by atoms with Crippen LogP contribution in [0.3, 0.4) is 0 Å². The van der Waals surface area contributed by atoms with Gasteiger partial charge in [0.05, 0.1) is 23.1 Å². The first-order valence-corrected chi connectivity index (χ1v) is 14.0. The molecule has 3 aromatic rings. The molecule has 3 rings (SSSR count). The molecule has 0 bridgehead atoms. The van der Waals surface area contributed by atoms with E-state index in [-0.39, 0.29) is 22.8 Å². The van der Waals surface area contributed by atoms with Crippen LogP contribution in [0.25, 0.3) is 0 Å². The van der Waals surface area contributed by atoms with E-state index in [4.69, 9.17) is 5.11 Å². The lowest BCUT2D eigenvalue weighted by molar-refractivity contribution is -0.139. The summed E-state index contributed by atoms with van der Waals surface area (Å²) in [6.45, 7) is 1.56. The zero-order valence-electron chi connectivity index (χ0n) is 20.9. The topological polar surface area (TPSA) is 213 Å². The number of phenols is 1. The SMILES string of the molecule is Cc1ccnc(SCC(=O)[C@H](CC(=O)O)NC(=O)c2ccc(CNS(=O)(=O)c3ccc(O)c(C(=O)O)c3)cc2)n1. The van der Waals surface area contributed by atoms with Gasteiger partial charge in [-0.3, -0.25) is 14.4 Å². The second-order valence-electron chi connectivity index (χ2n) is 8.37. The van der Waals surface area contributed by atoms with Crippen LogP contribution in [-0.2, 0) is 26.2 Å². The van der Waals surface area contributed by atoms with Crippen LogP contribution in [-0.4, -0.2) is 69.1 Å². The molecule has 1 atom stereocenters. The normalized spacial score (nSPS) is 11.9. The molecule has 1 aromatic heterocycles. The minimum Gasteiger partial charge on any atom is -0.507 e. The van der Waals surface area contributed by atoms with E-state index in [0.717, 1.165) is 30.0 Å². The number of hydrogen-bond acceptors (Lipinski definition) is 10. The van der Waals surface area contributed by atoms with Crippen molar-refractivity contribution < 1.29 is 42.9 Å². The largest absolute Gasteiger partial charge is 0.507 e. The van der Waals surface area contributed by atoms with Crippen LogP contribution in [0.1, 0.15) is 38.4 Å². The Morgan fingerprint density at radius 3 is 2.35 bits per heavy atom. The van der Waals surface area contributed by atoms with E-state index in [2.05, 4.69) is 20.0 Å². The standard InChI is InChI=1S/C25H24N4O9S2/c1-14-8-9-26-25(28-14)39-13-21(31)19(11-22(32)33)29-23(34)16-4-2-15(3-5-16)12-27-40(37,38)17-6-7-20(30)18(10-17)24(35)36/h2-10,19,27,30H,11-13H2,1H3,(H,29,34)(H,32,33)(H,35,36)/t19-/m0/s1. The first kappa shape index (κ1) is 30.2. The van der Waals surface area contributed by atoms with Crippen LogP contribution in [0.15, 0.2) is 64.8 Å². The first-order chi connectivity index (χ1) is 18.9. The Hall–Kier alpha value is -4.34. The average Bonchev–Trinajstić information content (AvgIpc) is 2.90. The van der Waals surface area contributed by atoms with Crippen molar-refractivity contribution in [2.24, 2.45) is 0 Å². The van der Waals surface area contributed by atoms with Crippen molar-refractivity contribution >= 4 is 45.4 Å². The van der Waals surface area contributed by atoms with Gasteiger partial charge in [-0.15, -0.1) is 0 Å². The predicted octanol–water partition coefficient (Wildman–Crippen LogP) is 1.60. The minimum absolute atomic E-state index is 0.106. The van der Waals surface area contributed by atoms with Gasteiger partial charge in [0.1, 0.15) is 11.3 Å². The van der Waals surface area contributed by atoms with Crippen molar-refractivity contribution in [3.8, 4) is 5.75 Å². The number of carbonyl (C=O) groups excluding carboxylic acids is 2. The number of aromatic nitrogens is 2. The Labute approximate surface area is 232 Å². The van der Waals surface area contributed by atoms with Crippen LogP contribution >= 0.6 is 11.8 Å². The Kier molecular flexibility index (Phi) is 9.93. The number of nitrogens with one attached hydrogen (secondary N) is 2. The maximum Gasteiger partial charge on any atom is 0.339 e. The summed E-state index contributed by atoms with van der Waals surface area (Å²) in [6, 6.07) is 8.89. The van der Waals surface area contributed by atoms with Crippen molar-refractivity contribution in [3.63, 3.8) is 0 Å². The minimum atomic E-state index is -4.13. The molecule has 0 unspecified atom stereocenters. The highest BCUT2D eigenvalue weighted by atomic mass is 32.2. The molecule has 0 spiro atoms. The molecule has 0 saturated heterocycles. The molecule has 0 fully saturated rings. The number of thioether (sulfide) groups is 1. The summed E-state index contributed by atoms with van der Waals surface area (Å²) >= 11 is 1.02. The number of Topliss-reactive ketones (excluding diaryl/α,β-unsaturated/α-hetero) is 1. The van der Waals surface area contributed by atoms with Crippen molar-refractivity contribution in [1.82, 2.24) is 20.0 Å². The van der Waals surface area contributed by atoms with Gasteiger partial charge in [0.25, 0.3) is 5.91 Å². The number of aryl methyl sites for hydroxylation is 1. The summed E-state index contributed by atoms with van der Waals surface area (Å²) in [7, 11) is -4.13. The van der Waals surface area contributed by atoms with Gasteiger partial charge in [-0.1, -0.05) is 23.9 Å². The molecule has 0 aliphatic heterocycles. The number of rotatable bonds is 13. The molecule has 1 amide bonds. The van der Waals surface area contributed by atoms with Crippen molar-refractivity contribution in [2.75, 3.05) is 5.75 Å². The summed E-state index contributed by atoms with van der Waals surface area (Å²) in [5.74, 6) is -4.73.